The molecule has 23 heavy (non-hydrogen) atoms. The molecule has 3 N–H and O–H groups in total. The van der Waals surface area contributed by atoms with Crippen LogP contribution in [0.15, 0.2) is 24.3 Å². The molecule has 2 rings (SSSR count). The van der Waals surface area contributed by atoms with Gasteiger partial charge in [-0.15, -0.1) is 0 Å². The Morgan fingerprint density at radius 3 is 2.61 bits per heavy atom. The Morgan fingerprint density at radius 2 is 2.00 bits per heavy atom. The van der Waals surface area contributed by atoms with Crippen molar-refractivity contribution >= 4 is 33.8 Å². The van der Waals surface area contributed by atoms with E-state index >= 15 is 0 Å². The molecule has 0 atom stereocenters. The lowest BCUT2D eigenvalue weighted by Crippen LogP contribution is -2.29. The summed E-state index contributed by atoms with van der Waals surface area (Å²) in [5, 5.41) is 20.2. The molecular formula is C14H17N5O3S. The van der Waals surface area contributed by atoms with E-state index in [1.54, 1.807) is 26.1 Å². The zero-order valence-corrected chi connectivity index (χ0v) is 13.6. The zero-order chi connectivity index (χ0) is 16.8. The fraction of sp³-hybridized carbons (Fsp3) is 0.286. The summed E-state index contributed by atoms with van der Waals surface area (Å²) in [6, 6.07) is 6.12. The predicted octanol–water partition coefficient (Wildman–Crippen LogP) is 2.24. The molecule has 0 saturated heterocycles. The van der Waals surface area contributed by atoms with Gasteiger partial charge in [-0.3, -0.25) is 14.9 Å². The van der Waals surface area contributed by atoms with Crippen molar-refractivity contribution in [3.05, 3.63) is 45.6 Å². The van der Waals surface area contributed by atoms with Crippen LogP contribution in [0, 0.1) is 17.0 Å². The van der Waals surface area contributed by atoms with Crippen LogP contribution in [0.25, 0.3) is 0 Å². The maximum Gasteiger partial charge on any atom is 0.269 e. The molecule has 0 unspecified atom stereocenters. The highest BCUT2D eigenvalue weighted by Gasteiger charge is 2.16. The van der Waals surface area contributed by atoms with Gasteiger partial charge in [-0.2, -0.15) is 4.37 Å². The standard InChI is InChI=1S/C14H17N5O3S/c1-9-12(14(15-2)23-18-9)13(20)17-8-7-16-10-3-5-11(6-4-10)19(21)22/h3-6,15-16H,7-8H2,1-2H3,(H,17,20). The number of nitro benzene ring substituents is 1. The van der Waals surface area contributed by atoms with Crippen molar-refractivity contribution in [2.75, 3.05) is 30.8 Å². The lowest BCUT2D eigenvalue weighted by molar-refractivity contribution is -0.384. The summed E-state index contributed by atoms with van der Waals surface area (Å²) in [5.74, 6) is -0.175. The molecule has 1 aromatic carbocycles. The van der Waals surface area contributed by atoms with Crippen LogP contribution >= 0.6 is 11.5 Å². The van der Waals surface area contributed by atoms with Gasteiger partial charge in [-0.05, 0) is 30.6 Å². The first kappa shape index (κ1) is 16.7. The van der Waals surface area contributed by atoms with E-state index < -0.39 is 4.92 Å². The number of anilines is 2. The Morgan fingerprint density at radius 1 is 1.30 bits per heavy atom. The molecule has 0 aliphatic heterocycles. The first-order valence-corrected chi connectivity index (χ1v) is 7.71. The van der Waals surface area contributed by atoms with Gasteiger partial charge in [0.25, 0.3) is 11.6 Å². The predicted molar refractivity (Wildman–Crippen MR) is 90.3 cm³/mol. The third kappa shape index (κ3) is 4.16. The Balaban J connectivity index is 1.82. The van der Waals surface area contributed by atoms with Crippen LogP contribution in [0.3, 0.4) is 0 Å². The number of nitrogens with zero attached hydrogens (tertiary/aromatic N) is 2. The van der Waals surface area contributed by atoms with Crippen molar-refractivity contribution < 1.29 is 9.72 Å². The lowest BCUT2D eigenvalue weighted by atomic mass is 10.2. The van der Waals surface area contributed by atoms with Gasteiger partial charge in [-0.25, -0.2) is 0 Å². The second-order valence-electron chi connectivity index (χ2n) is 4.71. The minimum Gasteiger partial charge on any atom is -0.383 e. The van der Waals surface area contributed by atoms with Crippen molar-refractivity contribution in [2.45, 2.75) is 6.92 Å². The highest BCUT2D eigenvalue weighted by Crippen LogP contribution is 2.23. The number of non-ortho nitro benzene ring substituents is 1. The van der Waals surface area contributed by atoms with Gasteiger partial charge in [-0.1, -0.05) is 0 Å². The fourth-order valence-corrected chi connectivity index (χ4v) is 2.72. The highest BCUT2D eigenvalue weighted by atomic mass is 32.1. The number of carbonyl (C=O) groups is 1. The molecule has 1 heterocycles. The van der Waals surface area contributed by atoms with Crippen molar-refractivity contribution in [3.63, 3.8) is 0 Å². The van der Waals surface area contributed by atoms with E-state index in [9.17, 15) is 14.9 Å². The van der Waals surface area contributed by atoms with Gasteiger partial charge in [0, 0.05) is 38.0 Å². The van der Waals surface area contributed by atoms with Gasteiger partial charge < -0.3 is 16.0 Å². The number of aromatic nitrogens is 1. The van der Waals surface area contributed by atoms with Gasteiger partial charge in [0.15, 0.2) is 0 Å². The molecule has 0 spiro atoms. The van der Waals surface area contributed by atoms with Crippen molar-refractivity contribution in [3.8, 4) is 0 Å². The number of hydrogen-bond donors (Lipinski definition) is 3. The van der Waals surface area contributed by atoms with Gasteiger partial charge in [0.1, 0.15) is 5.00 Å². The largest absolute Gasteiger partial charge is 0.383 e. The summed E-state index contributed by atoms with van der Waals surface area (Å²) >= 11 is 1.25. The molecule has 8 nitrogen and oxygen atoms in total. The van der Waals surface area contributed by atoms with Gasteiger partial charge in [0.2, 0.25) is 0 Å². The molecular weight excluding hydrogens is 318 g/mol. The van der Waals surface area contributed by atoms with Crippen molar-refractivity contribution in [2.24, 2.45) is 0 Å². The quantitative estimate of drug-likeness (QED) is 0.407. The zero-order valence-electron chi connectivity index (χ0n) is 12.8. The van der Waals surface area contributed by atoms with Crippen LogP contribution < -0.4 is 16.0 Å². The number of nitro groups is 1. The molecule has 2 aromatic rings. The average molecular weight is 335 g/mol. The lowest BCUT2D eigenvalue weighted by Gasteiger charge is -2.08. The van der Waals surface area contributed by atoms with Crippen LogP contribution in [0.5, 0.6) is 0 Å². The van der Waals surface area contributed by atoms with Crippen LogP contribution in [-0.2, 0) is 0 Å². The normalized spacial score (nSPS) is 10.2. The summed E-state index contributed by atoms with van der Waals surface area (Å²) < 4.78 is 4.15. The monoisotopic (exact) mass is 335 g/mol. The molecule has 0 bridgehead atoms. The van der Waals surface area contributed by atoms with Crippen LogP contribution in [0.1, 0.15) is 16.1 Å². The van der Waals surface area contributed by atoms with E-state index in [1.165, 1.54) is 23.7 Å². The summed E-state index contributed by atoms with van der Waals surface area (Å²) in [5.41, 5.74) is 2.06. The molecule has 1 aromatic heterocycles. The van der Waals surface area contributed by atoms with Crippen LogP contribution in [-0.4, -0.2) is 35.3 Å². The maximum absolute atomic E-state index is 12.2. The number of nitrogens with one attached hydrogen (secondary N) is 3. The first-order chi connectivity index (χ1) is 11.0. The number of benzene rings is 1. The summed E-state index contributed by atoms with van der Waals surface area (Å²) in [7, 11) is 1.75. The Kier molecular flexibility index (Phi) is 5.47. The number of hydrogen-bond acceptors (Lipinski definition) is 7. The van der Waals surface area contributed by atoms with Crippen LogP contribution in [0.2, 0.25) is 0 Å². The number of carbonyl (C=O) groups excluding carboxylic acids is 1. The highest BCUT2D eigenvalue weighted by molar-refractivity contribution is 7.10. The summed E-state index contributed by atoms with van der Waals surface area (Å²) in [6.45, 7) is 2.73. The molecule has 9 heteroatoms. The molecule has 0 saturated carbocycles. The van der Waals surface area contributed by atoms with Crippen LogP contribution in [0.4, 0.5) is 16.4 Å². The van der Waals surface area contributed by atoms with E-state index in [0.717, 1.165) is 10.7 Å². The second-order valence-corrected chi connectivity index (χ2v) is 5.48. The third-order valence-electron chi connectivity index (χ3n) is 3.13. The molecule has 1 amide bonds. The topological polar surface area (TPSA) is 109 Å². The van der Waals surface area contributed by atoms with E-state index in [0.29, 0.717) is 24.3 Å². The molecule has 0 aliphatic rings. The first-order valence-electron chi connectivity index (χ1n) is 6.93. The second kappa shape index (κ2) is 7.54. The van der Waals surface area contributed by atoms with Gasteiger partial charge >= 0.3 is 0 Å². The fourth-order valence-electron chi connectivity index (χ4n) is 1.98. The van der Waals surface area contributed by atoms with Crippen molar-refractivity contribution in [1.29, 1.82) is 0 Å². The summed E-state index contributed by atoms with van der Waals surface area (Å²) in [6.07, 6.45) is 0. The van der Waals surface area contributed by atoms with E-state index in [2.05, 4.69) is 20.3 Å². The van der Waals surface area contributed by atoms with Crippen molar-refractivity contribution in [1.82, 2.24) is 9.69 Å². The smallest absolute Gasteiger partial charge is 0.269 e. The summed E-state index contributed by atoms with van der Waals surface area (Å²) in [4.78, 5) is 22.3. The Bertz CT molecular complexity index is 699. The Hall–Kier alpha value is -2.68. The maximum atomic E-state index is 12.2. The number of aryl methyl sites for hydroxylation is 1. The number of rotatable bonds is 7. The Labute approximate surface area is 137 Å². The number of amides is 1. The molecule has 0 fully saturated rings. The van der Waals surface area contributed by atoms with Gasteiger partial charge in [0.05, 0.1) is 16.2 Å². The molecule has 0 aliphatic carbocycles. The average Bonchev–Trinajstić information content (AvgIpc) is 2.92. The molecule has 0 radical (unpaired) electrons. The third-order valence-corrected chi connectivity index (χ3v) is 4.09. The van der Waals surface area contributed by atoms with E-state index in [-0.39, 0.29) is 11.6 Å². The van der Waals surface area contributed by atoms with E-state index in [1.807, 2.05) is 0 Å². The SMILES string of the molecule is CNc1snc(C)c1C(=O)NCCNc1ccc([N+](=O)[O-])cc1. The van der Waals surface area contributed by atoms with E-state index in [4.69, 9.17) is 0 Å². The minimum atomic E-state index is -0.444. The minimum absolute atomic E-state index is 0.0453. The molecule has 122 valence electrons.